The van der Waals surface area contributed by atoms with Gasteiger partial charge >= 0.3 is 0 Å². The van der Waals surface area contributed by atoms with Crippen molar-refractivity contribution in [1.29, 1.82) is 0 Å². The van der Waals surface area contributed by atoms with Gasteiger partial charge in [0.2, 0.25) is 0 Å². The van der Waals surface area contributed by atoms with Crippen molar-refractivity contribution in [3.63, 3.8) is 0 Å². The van der Waals surface area contributed by atoms with Crippen LogP contribution in [0.25, 0.3) is 17.2 Å². The van der Waals surface area contributed by atoms with Crippen LogP contribution in [0.5, 0.6) is 11.5 Å². The van der Waals surface area contributed by atoms with Crippen LogP contribution in [0.2, 0.25) is 0 Å². The fourth-order valence-corrected chi connectivity index (χ4v) is 2.63. The van der Waals surface area contributed by atoms with E-state index in [1.165, 1.54) is 25.3 Å². The van der Waals surface area contributed by atoms with E-state index in [1.54, 1.807) is 7.11 Å². The predicted octanol–water partition coefficient (Wildman–Crippen LogP) is 4.08. The monoisotopic (exact) mass is 353 g/mol. The van der Waals surface area contributed by atoms with Gasteiger partial charge in [0.15, 0.2) is 11.5 Å². The number of hydrogen-bond donors (Lipinski definition) is 0. The molecular weight excluding hydrogens is 328 g/mol. The molecule has 2 aromatic carbocycles. The molecule has 0 radical (unpaired) electrons. The van der Waals surface area contributed by atoms with Gasteiger partial charge in [-0.05, 0) is 41.3 Å². The molecule has 0 amide bonds. The highest BCUT2D eigenvalue weighted by molar-refractivity contribution is 5.83. The second-order valence-corrected chi connectivity index (χ2v) is 6.05. The minimum Gasteiger partial charge on any atom is -0.545 e. The number of carbonyl (C=O) groups is 1. The lowest BCUT2D eigenvalue weighted by Gasteiger charge is -2.12. The highest BCUT2D eigenvalue weighted by atomic mass is 16.5. The van der Waals surface area contributed by atoms with Gasteiger partial charge in [0.1, 0.15) is 0 Å². The lowest BCUT2D eigenvalue weighted by molar-refractivity contribution is -0.297. The van der Waals surface area contributed by atoms with Crippen LogP contribution < -0.4 is 14.6 Å². The molecule has 0 aliphatic rings. The van der Waals surface area contributed by atoms with Crippen molar-refractivity contribution in [2.75, 3.05) is 13.7 Å². The highest BCUT2D eigenvalue weighted by Crippen LogP contribution is 2.32. The summed E-state index contributed by atoms with van der Waals surface area (Å²) in [6, 6.07) is 13.5. The molecule has 138 valence electrons. The molecule has 0 saturated carbocycles. The molecular formula is C22H25O4-. The van der Waals surface area contributed by atoms with E-state index >= 15 is 0 Å². The van der Waals surface area contributed by atoms with Gasteiger partial charge in [-0.25, -0.2) is 0 Å². The smallest absolute Gasteiger partial charge is 0.161 e. The van der Waals surface area contributed by atoms with Crippen LogP contribution >= 0.6 is 0 Å². The highest BCUT2D eigenvalue weighted by Gasteiger charge is 2.07. The SMILES string of the molecule is CCCCCCOc1ccc(-c2ccc(/C=C/C(=O)[O-])cc2)cc1OC. The molecule has 0 aliphatic carbocycles. The van der Waals surface area contributed by atoms with E-state index in [1.807, 2.05) is 42.5 Å². The Hall–Kier alpha value is -2.75. The van der Waals surface area contributed by atoms with Crippen molar-refractivity contribution in [1.82, 2.24) is 0 Å². The third-order valence-corrected chi connectivity index (χ3v) is 4.07. The molecule has 0 spiro atoms. The molecule has 0 N–H and O–H groups in total. The zero-order valence-corrected chi connectivity index (χ0v) is 15.4. The molecule has 0 unspecified atom stereocenters. The van der Waals surface area contributed by atoms with Crippen LogP contribution in [-0.4, -0.2) is 19.7 Å². The number of hydrogen-bond acceptors (Lipinski definition) is 4. The maximum Gasteiger partial charge on any atom is 0.161 e. The summed E-state index contributed by atoms with van der Waals surface area (Å²) in [5.41, 5.74) is 2.83. The number of unbranched alkanes of at least 4 members (excludes halogenated alkanes) is 3. The third kappa shape index (κ3) is 5.96. The number of benzene rings is 2. The Labute approximate surface area is 155 Å². The first kappa shape index (κ1) is 19.6. The van der Waals surface area contributed by atoms with Gasteiger partial charge in [-0.2, -0.15) is 0 Å². The van der Waals surface area contributed by atoms with Crippen molar-refractivity contribution >= 4 is 12.0 Å². The largest absolute Gasteiger partial charge is 0.545 e. The Balaban J connectivity index is 2.07. The van der Waals surface area contributed by atoms with Crippen LogP contribution in [0.4, 0.5) is 0 Å². The summed E-state index contributed by atoms with van der Waals surface area (Å²) in [6.07, 6.45) is 7.18. The topological polar surface area (TPSA) is 58.6 Å². The standard InChI is InChI=1S/C22H26O4/c1-3-4-5-6-15-26-20-13-12-19(16-21(20)25-2)18-10-7-17(8-11-18)9-14-22(23)24/h7-14,16H,3-6,15H2,1-2H3,(H,23,24)/p-1/b14-9+. The van der Waals surface area contributed by atoms with E-state index in [0.717, 1.165) is 34.9 Å². The molecule has 2 rings (SSSR count). The van der Waals surface area contributed by atoms with E-state index < -0.39 is 5.97 Å². The molecule has 0 bridgehead atoms. The molecule has 0 aliphatic heterocycles. The van der Waals surface area contributed by atoms with Gasteiger partial charge in [-0.3, -0.25) is 0 Å². The zero-order valence-electron chi connectivity index (χ0n) is 15.4. The quantitative estimate of drug-likeness (QED) is 0.477. The predicted molar refractivity (Wildman–Crippen MR) is 102 cm³/mol. The molecule has 4 nitrogen and oxygen atoms in total. The van der Waals surface area contributed by atoms with Crippen molar-refractivity contribution in [3.8, 4) is 22.6 Å². The number of carboxylic acid groups (broad SMARTS) is 1. The Kier molecular flexibility index (Phi) is 7.75. The average molecular weight is 353 g/mol. The van der Waals surface area contributed by atoms with Gasteiger partial charge < -0.3 is 19.4 Å². The Morgan fingerprint density at radius 3 is 2.38 bits per heavy atom. The maximum atomic E-state index is 10.5. The summed E-state index contributed by atoms with van der Waals surface area (Å²) in [7, 11) is 1.64. The van der Waals surface area contributed by atoms with Crippen molar-refractivity contribution < 1.29 is 19.4 Å². The van der Waals surface area contributed by atoms with Crippen molar-refractivity contribution in [3.05, 3.63) is 54.1 Å². The lowest BCUT2D eigenvalue weighted by Crippen LogP contribution is -2.18. The summed E-state index contributed by atoms with van der Waals surface area (Å²) in [5, 5.41) is 10.5. The Morgan fingerprint density at radius 1 is 1.00 bits per heavy atom. The zero-order chi connectivity index (χ0) is 18.8. The molecule has 0 saturated heterocycles. The summed E-state index contributed by atoms with van der Waals surface area (Å²) in [4.78, 5) is 10.5. The molecule has 0 atom stereocenters. The summed E-state index contributed by atoms with van der Waals surface area (Å²) >= 11 is 0. The van der Waals surface area contributed by atoms with Gasteiger partial charge in [-0.1, -0.05) is 62.6 Å². The van der Waals surface area contributed by atoms with Gasteiger partial charge in [0, 0.05) is 0 Å². The Bertz CT molecular complexity index is 732. The van der Waals surface area contributed by atoms with Crippen molar-refractivity contribution in [2.45, 2.75) is 32.6 Å². The summed E-state index contributed by atoms with van der Waals surface area (Å²) < 4.78 is 11.3. The number of rotatable bonds is 10. The molecule has 0 heterocycles. The fraction of sp³-hybridized carbons (Fsp3) is 0.318. The second-order valence-electron chi connectivity index (χ2n) is 6.05. The van der Waals surface area contributed by atoms with Crippen LogP contribution in [0.3, 0.4) is 0 Å². The molecule has 0 fully saturated rings. The number of carboxylic acids is 1. The first-order chi connectivity index (χ1) is 12.6. The van der Waals surface area contributed by atoms with Gasteiger partial charge in [0.25, 0.3) is 0 Å². The van der Waals surface area contributed by atoms with E-state index in [0.29, 0.717) is 12.4 Å². The molecule has 4 heteroatoms. The molecule has 0 aromatic heterocycles. The lowest BCUT2D eigenvalue weighted by atomic mass is 10.0. The van der Waals surface area contributed by atoms with Crippen LogP contribution in [0.1, 0.15) is 38.2 Å². The van der Waals surface area contributed by atoms with Gasteiger partial charge in [0.05, 0.1) is 19.7 Å². The van der Waals surface area contributed by atoms with E-state index in [-0.39, 0.29) is 0 Å². The molecule has 2 aromatic rings. The van der Waals surface area contributed by atoms with E-state index in [2.05, 4.69) is 6.92 Å². The van der Waals surface area contributed by atoms with E-state index in [9.17, 15) is 9.90 Å². The number of aliphatic carboxylic acids is 1. The Morgan fingerprint density at radius 2 is 1.73 bits per heavy atom. The summed E-state index contributed by atoms with van der Waals surface area (Å²) in [6.45, 7) is 2.88. The minimum atomic E-state index is -1.20. The van der Waals surface area contributed by atoms with Crippen LogP contribution in [0.15, 0.2) is 48.5 Å². The first-order valence-corrected chi connectivity index (χ1v) is 8.94. The van der Waals surface area contributed by atoms with Gasteiger partial charge in [-0.15, -0.1) is 0 Å². The minimum absolute atomic E-state index is 0.690. The maximum absolute atomic E-state index is 10.5. The van der Waals surface area contributed by atoms with Crippen LogP contribution in [-0.2, 0) is 4.79 Å². The number of methoxy groups -OCH3 is 1. The van der Waals surface area contributed by atoms with E-state index in [4.69, 9.17) is 9.47 Å². The molecule has 26 heavy (non-hydrogen) atoms. The third-order valence-electron chi connectivity index (χ3n) is 4.07. The first-order valence-electron chi connectivity index (χ1n) is 8.94. The average Bonchev–Trinajstić information content (AvgIpc) is 2.66. The second kappa shape index (κ2) is 10.3. The van der Waals surface area contributed by atoms with Crippen LogP contribution in [0, 0.1) is 0 Å². The summed E-state index contributed by atoms with van der Waals surface area (Å²) in [5.74, 6) is 0.254. The number of ether oxygens (including phenoxy) is 2. The fourth-order valence-electron chi connectivity index (χ4n) is 2.63. The number of carbonyl (C=O) groups excluding carboxylic acids is 1. The normalized spacial score (nSPS) is 10.8. The van der Waals surface area contributed by atoms with Crippen molar-refractivity contribution in [2.24, 2.45) is 0 Å².